The van der Waals surface area contributed by atoms with Gasteiger partial charge in [0.2, 0.25) is 0 Å². The summed E-state index contributed by atoms with van der Waals surface area (Å²) in [6.07, 6.45) is 2.25. The fourth-order valence-corrected chi connectivity index (χ4v) is 1.54. The predicted molar refractivity (Wildman–Crippen MR) is 60.9 cm³/mol. The summed E-state index contributed by atoms with van der Waals surface area (Å²) in [6.45, 7) is 4.14. The standard InChI is InChI=1S/C11H16ClNO/c1-3-5-8(2)14-11-9(12)6-4-7-10(11)13/h4,6-8H,3,5,13H2,1-2H3/t8-/m0/s1. The van der Waals surface area contributed by atoms with Crippen LogP contribution in [0.15, 0.2) is 18.2 Å². The number of hydrogen-bond acceptors (Lipinski definition) is 2. The van der Waals surface area contributed by atoms with Crippen LogP contribution in [0.4, 0.5) is 5.69 Å². The first-order valence-corrected chi connectivity index (χ1v) is 5.23. The van der Waals surface area contributed by atoms with Gasteiger partial charge in [-0.25, -0.2) is 0 Å². The molecule has 0 heterocycles. The second kappa shape index (κ2) is 5.11. The van der Waals surface area contributed by atoms with Crippen LogP contribution in [-0.4, -0.2) is 6.10 Å². The third-order valence-electron chi connectivity index (χ3n) is 2.01. The Morgan fingerprint density at radius 2 is 2.21 bits per heavy atom. The molecule has 1 aromatic rings. The highest BCUT2D eigenvalue weighted by atomic mass is 35.5. The third kappa shape index (κ3) is 2.81. The fourth-order valence-electron chi connectivity index (χ4n) is 1.32. The van der Waals surface area contributed by atoms with Gasteiger partial charge in [-0.15, -0.1) is 0 Å². The maximum Gasteiger partial charge on any atom is 0.161 e. The number of nitrogens with two attached hydrogens (primary N) is 1. The van der Waals surface area contributed by atoms with E-state index in [0.717, 1.165) is 12.8 Å². The molecule has 0 amide bonds. The Labute approximate surface area is 90.0 Å². The van der Waals surface area contributed by atoms with Crippen molar-refractivity contribution in [3.63, 3.8) is 0 Å². The van der Waals surface area contributed by atoms with Crippen molar-refractivity contribution in [3.8, 4) is 5.75 Å². The van der Waals surface area contributed by atoms with Gasteiger partial charge in [-0.2, -0.15) is 0 Å². The summed E-state index contributed by atoms with van der Waals surface area (Å²) >= 11 is 5.97. The zero-order valence-corrected chi connectivity index (χ0v) is 9.34. The molecule has 0 aliphatic carbocycles. The Hall–Kier alpha value is -0.890. The van der Waals surface area contributed by atoms with E-state index in [9.17, 15) is 0 Å². The van der Waals surface area contributed by atoms with Crippen molar-refractivity contribution in [2.45, 2.75) is 32.8 Å². The lowest BCUT2D eigenvalue weighted by Gasteiger charge is -2.16. The minimum absolute atomic E-state index is 0.155. The van der Waals surface area contributed by atoms with Crippen molar-refractivity contribution in [2.75, 3.05) is 5.73 Å². The molecule has 78 valence electrons. The van der Waals surface area contributed by atoms with E-state index in [2.05, 4.69) is 6.92 Å². The molecule has 0 radical (unpaired) electrons. The fraction of sp³-hybridized carbons (Fsp3) is 0.455. The van der Waals surface area contributed by atoms with Crippen LogP contribution >= 0.6 is 11.6 Å². The van der Waals surface area contributed by atoms with Gasteiger partial charge in [-0.1, -0.05) is 31.0 Å². The number of anilines is 1. The lowest BCUT2D eigenvalue weighted by molar-refractivity contribution is 0.211. The molecule has 0 fully saturated rings. The first kappa shape index (κ1) is 11.2. The van der Waals surface area contributed by atoms with E-state index in [4.69, 9.17) is 22.1 Å². The second-order valence-corrected chi connectivity index (χ2v) is 3.78. The van der Waals surface area contributed by atoms with Crippen molar-refractivity contribution in [2.24, 2.45) is 0 Å². The average Bonchev–Trinajstić information content (AvgIpc) is 2.12. The van der Waals surface area contributed by atoms with Crippen LogP contribution < -0.4 is 10.5 Å². The average molecular weight is 214 g/mol. The molecule has 0 bridgehead atoms. The Morgan fingerprint density at radius 3 is 2.79 bits per heavy atom. The number of benzene rings is 1. The summed E-state index contributed by atoms with van der Waals surface area (Å²) in [5.41, 5.74) is 6.35. The molecule has 2 nitrogen and oxygen atoms in total. The van der Waals surface area contributed by atoms with Crippen LogP contribution in [0.2, 0.25) is 5.02 Å². The lowest BCUT2D eigenvalue weighted by atomic mass is 10.2. The van der Waals surface area contributed by atoms with Gasteiger partial charge in [0.05, 0.1) is 16.8 Å². The van der Waals surface area contributed by atoms with Crippen LogP contribution in [0.5, 0.6) is 5.75 Å². The number of ether oxygens (including phenoxy) is 1. The van der Waals surface area contributed by atoms with E-state index in [-0.39, 0.29) is 6.10 Å². The van der Waals surface area contributed by atoms with Crippen molar-refractivity contribution < 1.29 is 4.74 Å². The van der Waals surface area contributed by atoms with E-state index in [1.54, 1.807) is 12.1 Å². The number of halogens is 1. The van der Waals surface area contributed by atoms with Gasteiger partial charge < -0.3 is 10.5 Å². The summed E-state index contributed by atoms with van der Waals surface area (Å²) in [5, 5.41) is 0.577. The molecule has 0 aliphatic rings. The minimum Gasteiger partial charge on any atom is -0.487 e. The Morgan fingerprint density at radius 1 is 1.50 bits per heavy atom. The van der Waals surface area contributed by atoms with Gasteiger partial charge in [0, 0.05) is 0 Å². The summed E-state index contributed by atoms with van der Waals surface area (Å²) in [6, 6.07) is 5.39. The van der Waals surface area contributed by atoms with Crippen LogP contribution in [0.3, 0.4) is 0 Å². The van der Waals surface area contributed by atoms with E-state index < -0.39 is 0 Å². The first-order chi connectivity index (χ1) is 6.65. The van der Waals surface area contributed by atoms with Crippen molar-refractivity contribution >= 4 is 17.3 Å². The molecular weight excluding hydrogens is 198 g/mol. The minimum atomic E-state index is 0.155. The summed E-state index contributed by atoms with van der Waals surface area (Å²) in [5.74, 6) is 0.607. The van der Waals surface area contributed by atoms with E-state index in [1.807, 2.05) is 13.0 Å². The largest absolute Gasteiger partial charge is 0.487 e. The first-order valence-electron chi connectivity index (χ1n) is 4.85. The lowest BCUT2D eigenvalue weighted by Crippen LogP contribution is -2.12. The highest BCUT2D eigenvalue weighted by Gasteiger charge is 2.09. The maximum atomic E-state index is 5.97. The Kier molecular flexibility index (Phi) is 4.08. The van der Waals surface area contributed by atoms with E-state index >= 15 is 0 Å². The third-order valence-corrected chi connectivity index (χ3v) is 2.31. The van der Waals surface area contributed by atoms with Crippen molar-refractivity contribution in [1.29, 1.82) is 0 Å². The normalized spacial score (nSPS) is 12.5. The molecule has 1 aromatic carbocycles. The molecule has 0 aliphatic heterocycles. The highest BCUT2D eigenvalue weighted by molar-refractivity contribution is 6.32. The molecule has 1 rings (SSSR count). The van der Waals surface area contributed by atoms with Crippen LogP contribution in [-0.2, 0) is 0 Å². The van der Waals surface area contributed by atoms with Crippen LogP contribution in [0, 0.1) is 0 Å². The monoisotopic (exact) mass is 213 g/mol. The molecule has 0 unspecified atom stereocenters. The van der Waals surface area contributed by atoms with Gasteiger partial charge in [0.1, 0.15) is 0 Å². The van der Waals surface area contributed by atoms with Gasteiger partial charge in [-0.3, -0.25) is 0 Å². The van der Waals surface area contributed by atoms with E-state index in [0.29, 0.717) is 16.5 Å². The second-order valence-electron chi connectivity index (χ2n) is 3.38. The van der Waals surface area contributed by atoms with Gasteiger partial charge in [-0.05, 0) is 25.5 Å². The zero-order chi connectivity index (χ0) is 10.6. The smallest absolute Gasteiger partial charge is 0.161 e. The predicted octanol–water partition coefficient (Wildman–Crippen LogP) is 3.49. The summed E-state index contributed by atoms with van der Waals surface area (Å²) in [4.78, 5) is 0. The Balaban J connectivity index is 2.75. The molecule has 2 N–H and O–H groups in total. The molecule has 0 spiro atoms. The molecule has 0 saturated carbocycles. The van der Waals surface area contributed by atoms with Crippen LogP contribution in [0.25, 0.3) is 0 Å². The van der Waals surface area contributed by atoms with Crippen molar-refractivity contribution in [1.82, 2.24) is 0 Å². The molecular formula is C11H16ClNO. The van der Waals surface area contributed by atoms with Gasteiger partial charge in [0.25, 0.3) is 0 Å². The Bertz CT molecular complexity index is 281. The van der Waals surface area contributed by atoms with Crippen LogP contribution in [0.1, 0.15) is 26.7 Å². The van der Waals surface area contributed by atoms with Crippen molar-refractivity contribution in [3.05, 3.63) is 23.2 Å². The van der Waals surface area contributed by atoms with E-state index in [1.165, 1.54) is 0 Å². The molecule has 1 atom stereocenters. The quantitative estimate of drug-likeness (QED) is 0.778. The number of hydrogen-bond donors (Lipinski definition) is 1. The SMILES string of the molecule is CCC[C@H](C)Oc1c(N)cccc1Cl. The molecule has 0 aromatic heterocycles. The molecule has 3 heteroatoms. The number of rotatable bonds is 4. The highest BCUT2D eigenvalue weighted by Crippen LogP contribution is 2.31. The number of para-hydroxylation sites is 1. The van der Waals surface area contributed by atoms with Gasteiger partial charge in [0.15, 0.2) is 5.75 Å². The summed E-state index contributed by atoms with van der Waals surface area (Å²) in [7, 11) is 0. The topological polar surface area (TPSA) is 35.2 Å². The van der Waals surface area contributed by atoms with Gasteiger partial charge >= 0.3 is 0 Å². The summed E-state index contributed by atoms with van der Waals surface area (Å²) < 4.78 is 5.66. The zero-order valence-electron chi connectivity index (χ0n) is 8.59. The molecule has 14 heavy (non-hydrogen) atoms. The number of nitrogen functional groups attached to an aromatic ring is 1. The molecule has 0 saturated heterocycles. The maximum absolute atomic E-state index is 5.97.